The van der Waals surface area contributed by atoms with E-state index < -0.39 is 0 Å². The van der Waals surface area contributed by atoms with Gasteiger partial charge in [-0.3, -0.25) is 4.99 Å². The zero-order valence-corrected chi connectivity index (χ0v) is 17.8. The highest BCUT2D eigenvalue weighted by Crippen LogP contribution is 2.24. The zero-order valence-electron chi connectivity index (χ0n) is 15.5. The molecule has 0 heterocycles. The number of aliphatic imine (C=N–C) groups is 1. The van der Waals surface area contributed by atoms with Crippen molar-refractivity contribution in [2.75, 3.05) is 28.3 Å². The molecule has 0 amide bonds. The van der Waals surface area contributed by atoms with Crippen molar-refractivity contribution in [3.63, 3.8) is 0 Å². The van der Waals surface area contributed by atoms with Crippen LogP contribution in [0.4, 0.5) is 4.39 Å². The van der Waals surface area contributed by atoms with Gasteiger partial charge >= 0.3 is 0 Å². The summed E-state index contributed by atoms with van der Waals surface area (Å²) >= 11 is 0. The minimum atomic E-state index is -0.239. The van der Waals surface area contributed by atoms with Crippen LogP contribution >= 0.6 is 24.0 Å². The smallest absolute Gasteiger partial charge is 0.193 e. The number of methoxy groups -OCH3 is 2. The van der Waals surface area contributed by atoms with Crippen molar-refractivity contribution in [2.45, 2.75) is 13.1 Å². The maximum atomic E-state index is 13.3. The van der Waals surface area contributed by atoms with E-state index in [4.69, 9.17) is 9.47 Å². The topological polar surface area (TPSA) is 46.1 Å². The molecule has 0 aliphatic carbocycles. The molecular formula is C19H25FIN3O2. The molecule has 0 spiro atoms. The van der Waals surface area contributed by atoms with Crippen LogP contribution in [-0.2, 0) is 13.1 Å². The highest BCUT2D eigenvalue weighted by molar-refractivity contribution is 14.0. The molecule has 2 aromatic carbocycles. The molecule has 0 unspecified atom stereocenters. The number of halogens is 2. The summed E-state index contributed by atoms with van der Waals surface area (Å²) in [4.78, 5) is 6.22. The highest BCUT2D eigenvalue weighted by atomic mass is 127. The SMILES string of the molecule is CN=C(NCc1ccc(OC)cc1OC)N(C)Cc1cccc(F)c1.I. The third kappa shape index (κ3) is 6.05. The van der Waals surface area contributed by atoms with E-state index in [0.717, 1.165) is 22.6 Å². The first-order valence-corrected chi connectivity index (χ1v) is 7.94. The van der Waals surface area contributed by atoms with Crippen LogP contribution in [0.1, 0.15) is 11.1 Å². The van der Waals surface area contributed by atoms with Crippen LogP contribution in [0, 0.1) is 5.82 Å². The van der Waals surface area contributed by atoms with Crippen LogP contribution in [-0.4, -0.2) is 39.2 Å². The van der Waals surface area contributed by atoms with Gasteiger partial charge in [0.25, 0.3) is 0 Å². The summed E-state index contributed by atoms with van der Waals surface area (Å²) in [5.41, 5.74) is 1.87. The summed E-state index contributed by atoms with van der Waals surface area (Å²) < 4.78 is 23.9. The van der Waals surface area contributed by atoms with Gasteiger partial charge in [-0.2, -0.15) is 0 Å². The summed E-state index contributed by atoms with van der Waals surface area (Å²) in [7, 11) is 6.88. The van der Waals surface area contributed by atoms with Crippen molar-refractivity contribution in [1.82, 2.24) is 10.2 Å². The van der Waals surface area contributed by atoms with Gasteiger partial charge in [0.2, 0.25) is 0 Å². The molecule has 5 nitrogen and oxygen atoms in total. The normalized spacial score (nSPS) is 10.7. The van der Waals surface area contributed by atoms with Crippen molar-refractivity contribution in [2.24, 2.45) is 4.99 Å². The van der Waals surface area contributed by atoms with Gasteiger partial charge in [0.05, 0.1) is 14.2 Å². The summed E-state index contributed by atoms with van der Waals surface area (Å²) in [6.45, 7) is 1.10. The Hall–Kier alpha value is -2.03. The summed E-state index contributed by atoms with van der Waals surface area (Å²) in [5.74, 6) is 1.96. The van der Waals surface area contributed by atoms with Gasteiger partial charge in [0, 0.05) is 38.8 Å². The Bertz CT molecular complexity index is 740. The van der Waals surface area contributed by atoms with Crippen LogP contribution < -0.4 is 14.8 Å². The van der Waals surface area contributed by atoms with Crippen molar-refractivity contribution in [1.29, 1.82) is 0 Å². The Kier molecular flexibility index (Phi) is 9.18. The van der Waals surface area contributed by atoms with Crippen LogP contribution in [0.3, 0.4) is 0 Å². The Labute approximate surface area is 171 Å². The van der Waals surface area contributed by atoms with E-state index in [1.807, 2.05) is 36.2 Å². The third-order valence-electron chi connectivity index (χ3n) is 3.81. The number of rotatable bonds is 6. The number of nitrogens with one attached hydrogen (secondary N) is 1. The average Bonchev–Trinajstić information content (AvgIpc) is 2.62. The second-order valence-electron chi connectivity index (χ2n) is 5.56. The molecule has 2 aromatic rings. The number of benzene rings is 2. The van der Waals surface area contributed by atoms with Crippen molar-refractivity contribution in [3.8, 4) is 11.5 Å². The fraction of sp³-hybridized carbons (Fsp3) is 0.316. The monoisotopic (exact) mass is 473 g/mol. The predicted octanol–water partition coefficient (Wildman–Crippen LogP) is 3.67. The minimum absolute atomic E-state index is 0. The second-order valence-corrected chi connectivity index (χ2v) is 5.56. The Morgan fingerprint density at radius 2 is 1.92 bits per heavy atom. The van der Waals surface area contributed by atoms with Crippen LogP contribution in [0.2, 0.25) is 0 Å². The lowest BCUT2D eigenvalue weighted by Gasteiger charge is -2.22. The lowest BCUT2D eigenvalue weighted by molar-refractivity contribution is 0.390. The third-order valence-corrected chi connectivity index (χ3v) is 3.81. The highest BCUT2D eigenvalue weighted by Gasteiger charge is 2.10. The first-order valence-electron chi connectivity index (χ1n) is 7.94. The Morgan fingerprint density at radius 1 is 1.15 bits per heavy atom. The Balaban J connectivity index is 0.00000338. The maximum Gasteiger partial charge on any atom is 0.193 e. The molecule has 2 rings (SSSR count). The standard InChI is InChI=1S/C19H24FN3O2.HI/c1-21-19(23(2)13-14-6-5-7-16(20)10-14)22-12-15-8-9-17(24-3)11-18(15)25-4;/h5-11H,12-13H2,1-4H3,(H,21,22);1H. The van der Waals surface area contributed by atoms with Crippen LogP contribution in [0.15, 0.2) is 47.5 Å². The second kappa shape index (κ2) is 10.8. The van der Waals surface area contributed by atoms with Crippen LogP contribution in [0.5, 0.6) is 11.5 Å². The van der Waals surface area contributed by atoms with Gasteiger partial charge < -0.3 is 19.7 Å². The summed E-state index contributed by atoms with van der Waals surface area (Å²) in [6, 6.07) is 12.2. The fourth-order valence-corrected chi connectivity index (χ4v) is 2.54. The van der Waals surface area contributed by atoms with E-state index in [2.05, 4.69) is 10.3 Å². The number of hydrogen-bond donors (Lipinski definition) is 1. The zero-order chi connectivity index (χ0) is 18.2. The molecule has 1 N–H and O–H groups in total. The van der Waals surface area contributed by atoms with E-state index in [0.29, 0.717) is 19.0 Å². The molecule has 7 heteroatoms. The molecule has 0 aliphatic rings. The number of ether oxygens (including phenoxy) is 2. The van der Waals surface area contributed by atoms with Crippen molar-refractivity contribution in [3.05, 3.63) is 59.4 Å². The molecule has 0 aliphatic heterocycles. The minimum Gasteiger partial charge on any atom is -0.497 e. The largest absolute Gasteiger partial charge is 0.497 e. The van der Waals surface area contributed by atoms with E-state index in [1.165, 1.54) is 12.1 Å². The molecule has 0 fully saturated rings. The maximum absolute atomic E-state index is 13.3. The molecule has 0 saturated heterocycles. The van der Waals surface area contributed by atoms with E-state index in [1.54, 1.807) is 27.3 Å². The van der Waals surface area contributed by atoms with Gasteiger partial charge in [-0.15, -0.1) is 24.0 Å². The molecule has 26 heavy (non-hydrogen) atoms. The molecular weight excluding hydrogens is 448 g/mol. The first-order chi connectivity index (χ1) is 12.1. The molecule has 0 atom stereocenters. The molecule has 0 radical (unpaired) electrons. The van der Waals surface area contributed by atoms with Crippen LogP contribution in [0.25, 0.3) is 0 Å². The number of hydrogen-bond acceptors (Lipinski definition) is 3. The number of nitrogens with zero attached hydrogens (tertiary/aromatic N) is 2. The molecule has 0 aromatic heterocycles. The predicted molar refractivity (Wildman–Crippen MR) is 113 cm³/mol. The quantitative estimate of drug-likeness (QED) is 0.395. The summed E-state index contributed by atoms with van der Waals surface area (Å²) in [5, 5.41) is 3.29. The molecule has 0 saturated carbocycles. The molecule has 142 valence electrons. The van der Waals surface area contributed by atoms with Crippen molar-refractivity contribution >= 4 is 29.9 Å². The molecule has 0 bridgehead atoms. The summed E-state index contributed by atoms with van der Waals surface area (Å²) in [6.07, 6.45) is 0. The average molecular weight is 473 g/mol. The van der Waals surface area contributed by atoms with E-state index >= 15 is 0 Å². The van der Waals surface area contributed by atoms with E-state index in [9.17, 15) is 4.39 Å². The lowest BCUT2D eigenvalue weighted by Crippen LogP contribution is -2.38. The van der Waals surface area contributed by atoms with Gasteiger partial charge in [-0.1, -0.05) is 12.1 Å². The first kappa shape index (κ1) is 22.0. The van der Waals surface area contributed by atoms with Crippen molar-refractivity contribution < 1.29 is 13.9 Å². The fourth-order valence-electron chi connectivity index (χ4n) is 2.54. The Morgan fingerprint density at radius 3 is 2.54 bits per heavy atom. The van der Waals surface area contributed by atoms with Gasteiger partial charge in [0.1, 0.15) is 17.3 Å². The number of guanidine groups is 1. The van der Waals surface area contributed by atoms with Gasteiger partial charge in [-0.05, 0) is 29.8 Å². The van der Waals surface area contributed by atoms with Gasteiger partial charge in [0.15, 0.2) is 5.96 Å². The van der Waals surface area contributed by atoms with Gasteiger partial charge in [-0.25, -0.2) is 4.39 Å². The van der Waals surface area contributed by atoms with E-state index in [-0.39, 0.29) is 29.8 Å². The lowest BCUT2D eigenvalue weighted by atomic mass is 10.2.